The van der Waals surface area contributed by atoms with Crippen LogP contribution in [0.4, 0.5) is 5.69 Å². The molecule has 0 radical (unpaired) electrons. The second kappa shape index (κ2) is 6.48. The molecule has 1 atom stereocenters. The molecule has 1 N–H and O–H groups in total. The van der Waals surface area contributed by atoms with Crippen LogP contribution in [0, 0.1) is 10.1 Å². The third kappa shape index (κ3) is 4.38. The lowest BCUT2D eigenvalue weighted by Gasteiger charge is -2.09. The lowest BCUT2D eigenvalue weighted by molar-refractivity contribution is -0.763. The van der Waals surface area contributed by atoms with E-state index < -0.39 is 17.0 Å². The molecule has 19 heavy (non-hydrogen) atoms. The predicted octanol–water partition coefficient (Wildman–Crippen LogP) is 1.81. The highest BCUT2D eigenvalue weighted by atomic mass is 17.0. The van der Waals surface area contributed by atoms with Crippen LogP contribution in [0.3, 0.4) is 0 Å². The molecule has 1 amide bonds. The highest BCUT2D eigenvalue weighted by Crippen LogP contribution is 2.12. The van der Waals surface area contributed by atoms with Gasteiger partial charge in [-0.2, -0.15) is 0 Å². The minimum Gasteiger partial charge on any atom is -0.326 e. The van der Waals surface area contributed by atoms with Gasteiger partial charge in [0, 0.05) is 17.7 Å². The molecule has 1 unspecified atom stereocenters. The number of rotatable bonds is 6. The molecule has 0 saturated heterocycles. The number of nitrogens with zero attached hydrogens (tertiary/aromatic N) is 1. The molecule has 0 aliphatic heterocycles. The second-order valence-electron chi connectivity index (χ2n) is 3.81. The third-order valence-corrected chi connectivity index (χ3v) is 2.39. The second-order valence-corrected chi connectivity index (χ2v) is 3.81. The fourth-order valence-electron chi connectivity index (χ4n) is 1.38. The minimum atomic E-state index is -1.16. The zero-order valence-electron chi connectivity index (χ0n) is 10.6. The lowest BCUT2D eigenvalue weighted by Crippen LogP contribution is -2.23. The van der Waals surface area contributed by atoms with Gasteiger partial charge in [-0.1, -0.05) is 6.92 Å². The molecule has 7 heteroatoms. The first-order valence-corrected chi connectivity index (χ1v) is 5.69. The van der Waals surface area contributed by atoms with Gasteiger partial charge in [0.2, 0.25) is 5.91 Å². The normalized spacial score (nSPS) is 11.5. The summed E-state index contributed by atoms with van der Waals surface area (Å²) >= 11 is 0. The van der Waals surface area contributed by atoms with Gasteiger partial charge >= 0.3 is 0 Å². The van der Waals surface area contributed by atoms with Crippen LogP contribution in [0.15, 0.2) is 24.3 Å². The van der Waals surface area contributed by atoms with Crippen LogP contribution < -0.4 is 5.32 Å². The summed E-state index contributed by atoms with van der Waals surface area (Å²) in [6, 6.07) is 6.07. The maximum Gasteiger partial charge on any atom is 0.295 e. The highest BCUT2D eigenvalue weighted by Gasteiger charge is 2.18. The topological polar surface area (TPSA) is 98.5 Å². The number of amides is 1. The van der Waals surface area contributed by atoms with Gasteiger partial charge in [-0.3, -0.25) is 9.59 Å². The average Bonchev–Trinajstić information content (AvgIpc) is 2.37. The summed E-state index contributed by atoms with van der Waals surface area (Å²) in [6.07, 6.45) is -0.805. The molecular weight excluding hydrogens is 252 g/mol. The van der Waals surface area contributed by atoms with Crippen molar-refractivity contribution in [1.82, 2.24) is 0 Å². The molecule has 0 spiro atoms. The summed E-state index contributed by atoms with van der Waals surface area (Å²) in [5.74, 6) is -0.630. The van der Waals surface area contributed by atoms with Crippen molar-refractivity contribution in [3.8, 4) is 0 Å². The van der Waals surface area contributed by atoms with E-state index in [1.807, 2.05) is 0 Å². The molecule has 0 aromatic heterocycles. The van der Waals surface area contributed by atoms with Crippen molar-refractivity contribution in [2.75, 3.05) is 5.32 Å². The van der Waals surface area contributed by atoms with E-state index in [1.165, 1.54) is 19.1 Å². The monoisotopic (exact) mass is 266 g/mol. The van der Waals surface area contributed by atoms with E-state index in [0.29, 0.717) is 12.1 Å². The number of Topliss-reactive ketones (excluding diaryl/α,β-unsaturated/α-hetero) is 1. The van der Waals surface area contributed by atoms with Gasteiger partial charge in [-0.05, 0) is 31.2 Å². The summed E-state index contributed by atoms with van der Waals surface area (Å²) < 4.78 is 0. The maximum absolute atomic E-state index is 11.8. The summed E-state index contributed by atoms with van der Waals surface area (Å²) in [7, 11) is 0. The van der Waals surface area contributed by atoms with Gasteiger partial charge in [-0.25, -0.2) is 0 Å². The Morgan fingerprint density at radius 3 is 2.42 bits per heavy atom. The Kier molecular flexibility index (Phi) is 4.99. The molecular formula is C12H14N2O5. The summed E-state index contributed by atoms with van der Waals surface area (Å²) in [5, 5.41) is 11.8. The summed E-state index contributed by atoms with van der Waals surface area (Å²) in [5.41, 5.74) is 0.843. The van der Waals surface area contributed by atoms with Crippen molar-refractivity contribution in [1.29, 1.82) is 0 Å². The SMILES string of the molecule is CCC(=O)Nc1ccc(C(=O)C(C)O[N+](=O)[O-])cc1. The third-order valence-electron chi connectivity index (χ3n) is 2.39. The number of carbonyl (C=O) groups is 2. The van der Waals surface area contributed by atoms with Crippen LogP contribution in [0.1, 0.15) is 30.6 Å². The van der Waals surface area contributed by atoms with Crippen molar-refractivity contribution >= 4 is 17.4 Å². The van der Waals surface area contributed by atoms with Crippen LogP contribution in [0.2, 0.25) is 0 Å². The Hall–Kier alpha value is -2.44. The quantitative estimate of drug-likeness (QED) is 0.481. The molecule has 1 rings (SSSR count). The van der Waals surface area contributed by atoms with E-state index >= 15 is 0 Å². The molecule has 1 aromatic rings. The average molecular weight is 266 g/mol. The summed E-state index contributed by atoms with van der Waals surface area (Å²) in [4.78, 5) is 37.2. The van der Waals surface area contributed by atoms with Gasteiger partial charge in [0.1, 0.15) is 0 Å². The van der Waals surface area contributed by atoms with E-state index in [4.69, 9.17) is 0 Å². The molecule has 1 aromatic carbocycles. The maximum atomic E-state index is 11.8. The van der Waals surface area contributed by atoms with E-state index in [2.05, 4.69) is 10.2 Å². The van der Waals surface area contributed by atoms with Crippen molar-refractivity contribution in [3.05, 3.63) is 39.9 Å². The first-order chi connectivity index (χ1) is 8.93. The van der Waals surface area contributed by atoms with Gasteiger partial charge < -0.3 is 10.2 Å². The largest absolute Gasteiger partial charge is 0.326 e. The zero-order chi connectivity index (χ0) is 14.4. The lowest BCUT2D eigenvalue weighted by atomic mass is 10.1. The fraction of sp³-hybridized carbons (Fsp3) is 0.333. The molecule has 0 saturated carbocycles. The van der Waals surface area contributed by atoms with Crippen LogP contribution in [-0.2, 0) is 9.63 Å². The highest BCUT2D eigenvalue weighted by molar-refractivity contribution is 5.99. The van der Waals surface area contributed by atoms with E-state index in [9.17, 15) is 19.7 Å². The Morgan fingerprint density at radius 2 is 1.95 bits per heavy atom. The standard InChI is InChI=1S/C12H14N2O5/c1-3-11(15)13-10-6-4-9(5-7-10)12(16)8(2)19-14(17)18/h4-8H,3H2,1-2H3,(H,13,15). The number of carbonyl (C=O) groups excluding carboxylic acids is 2. The molecule has 0 aliphatic rings. The van der Waals surface area contributed by atoms with Crippen LogP contribution >= 0.6 is 0 Å². The van der Waals surface area contributed by atoms with Gasteiger partial charge in [0.05, 0.1) is 0 Å². The molecule has 0 aliphatic carbocycles. The predicted molar refractivity (Wildman–Crippen MR) is 67.2 cm³/mol. The molecule has 7 nitrogen and oxygen atoms in total. The number of anilines is 1. The van der Waals surface area contributed by atoms with Gasteiger partial charge in [0.25, 0.3) is 5.09 Å². The van der Waals surface area contributed by atoms with Gasteiger partial charge in [-0.15, -0.1) is 10.1 Å². The number of nitrogens with one attached hydrogen (secondary N) is 1. The molecule has 0 bridgehead atoms. The number of benzene rings is 1. The van der Waals surface area contributed by atoms with Crippen LogP contribution in [0.25, 0.3) is 0 Å². The Bertz CT molecular complexity index is 483. The Labute approximate surface area is 109 Å². The number of ketones is 1. The number of hydrogen-bond donors (Lipinski definition) is 1. The first-order valence-electron chi connectivity index (χ1n) is 5.69. The zero-order valence-corrected chi connectivity index (χ0v) is 10.6. The minimum absolute atomic E-state index is 0.135. The van der Waals surface area contributed by atoms with Crippen molar-refractivity contribution < 1.29 is 19.5 Å². The fourth-order valence-corrected chi connectivity index (χ4v) is 1.38. The Balaban J connectivity index is 2.73. The van der Waals surface area contributed by atoms with E-state index in [0.717, 1.165) is 0 Å². The van der Waals surface area contributed by atoms with Crippen molar-refractivity contribution in [3.63, 3.8) is 0 Å². The van der Waals surface area contributed by atoms with Gasteiger partial charge in [0.15, 0.2) is 11.9 Å². The van der Waals surface area contributed by atoms with E-state index in [-0.39, 0.29) is 11.5 Å². The van der Waals surface area contributed by atoms with Crippen molar-refractivity contribution in [2.24, 2.45) is 0 Å². The first kappa shape index (κ1) is 14.6. The molecule has 0 fully saturated rings. The molecule has 0 heterocycles. The van der Waals surface area contributed by atoms with Crippen LogP contribution in [-0.4, -0.2) is 22.9 Å². The molecule has 102 valence electrons. The van der Waals surface area contributed by atoms with E-state index in [1.54, 1.807) is 19.1 Å². The van der Waals surface area contributed by atoms with Crippen LogP contribution in [0.5, 0.6) is 0 Å². The number of hydrogen-bond acceptors (Lipinski definition) is 5. The summed E-state index contributed by atoms with van der Waals surface area (Å²) in [6.45, 7) is 3.03. The smallest absolute Gasteiger partial charge is 0.295 e. The Morgan fingerprint density at radius 1 is 1.37 bits per heavy atom. The van der Waals surface area contributed by atoms with Crippen molar-refractivity contribution in [2.45, 2.75) is 26.4 Å².